The van der Waals surface area contributed by atoms with Crippen molar-refractivity contribution in [1.82, 2.24) is 4.90 Å². The molecule has 0 aliphatic carbocycles. The van der Waals surface area contributed by atoms with Crippen LogP contribution < -0.4 is 0 Å². The van der Waals surface area contributed by atoms with Crippen LogP contribution in [0.2, 0.25) is 0 Å². The fraction of sp³-hybridized carbons (Fsp3) is 0.875. The van der Waals surface area contributed by atoms with Gasteiger partial charge in [0, 0.05) is 19.8 Å². The van der Waals surface area contributed by atoms with Crippen LogP contribution in [0, 0.1) is 5.92 Å². The molecule has 2 N–H and O–H groups in total. The maximum atomic E-state index is 15.5. The predicted molar refractivity (Wildman–Crippen MR) is 79.4 cm³/mol. The molecule has 2 fully saturated rings. The highest BCUT2D eigenvalue weighted by Crippen LogP contribution is 2.41. The molecule has 21 heavy (non-hydrogen) atoms. The molecule has 2 atom stereocenters. The van der Waals surface area contributed by atoms with Gasteiger partial charge in [-0.25, -0.2) is 4.39 Å². The van der Waals surface area contributed by atoms with Gasteiger partial charge < -0.3 is 19.8 Å². The lowest BCUT2D eigenvalue weighted by molar-refractivity contribution is -0.0627. The Kier molecular flexibility index (Phi) is 5.28. The Morgan fingerprint density at radius 3 is 2.38 bits per heavy atom. The smallest absolute Gasteiger partial charge is 0.193 e. The highest BCUT2D eigenvalue weighted by Gasteiger charge is 2.47. The van der Waals surface area contributed by atoms with Gasteiger partial charge in [0.05, 0.1) is 11.7 Å². The minimum atomic E-state index is -1.54. The van der Waals surface area contributed by atoms with Crippen molar-refractivity contribution < 1.29 is 19.3 Å². The molecule has 0 unspecified atom stereocenters. The van der Waals surface area contributed by atoms with Gasteiger partial charge in [0.2, 0.25) is 0 Å². The zero-order valence-corrected chi connectivity index (χ0v) is 13.3. The van der Waals surface area contributed by atoms with Crippen LogP contribution in [0.3, 0.4) is 0 Å². The van der Waals surface area contributed by atoms with Crippen molar-refractivity contribution in [2.45, 2.75) is 64.5 Å². The highest BCUT2D eigenvalue weighted by molar-refractivity contribution is 5.16. The van der Waals surface area contributed by atoms with E-state index >= 15 is 4.39 Å². The lowest BCUT2D eigenvalue weighted by Crippen LogP contribution is -2.51. The summed E-state index contributed by atoms with van der Waals surface area (Å²) in [6.07, 6.45) is 1.58. The molecule has 0 amide bonds. The van der Waals surface area contributed by atoms with Crippen molar-refractivity contribution in [2.75, 3.05) is 19.8 Å². The van der Waals surface area contributed by atoms with Crippen molar-refractivity contribution in [3.63, 3.8) is 0 Å². The maximum Gasteiger partial charge on any atom is 0.193 e. The number of ether oxygens (including phenoxy) is 1. The van der Waals surface area contributed by atoms with Crippen molar-refractivity contribution >= 4 is 0 Å². The zero-order chi connectivity index (χ0) is 15.6. The first-order valence-corrected chi connectivity index (χ1v) is 7.92. The standard InChI is InChI=1S/C16H28FNO3/c1-11(2)14(15(19)20)18-8-4-5-13(18)16(3,17)12-6-9-21-10-7-12/h12-13,15,19-20H,4-10H2,1-3H3/t13-,16-/m1/s1. The molecule has 0 saturated carbocycles. The first-order valence-electron chi connectivity index (χ1n) is 7.92. The Morgan fingerprint density at radius 2 is 1.86 bits per heavy atom. The van der Waals surface area contributed by atoms with Crippen LogP contribution in [0.1, 0.15) is 46.5 Å². The minimum absolute atomic E-state index is 0.0221. The van der Waals surface area contributed by atoms with Crippen LogP contribution in [0.5, 0.6) is 0 Å². The second kappa shape index (κ2) is 6.63. The van der Waals surface area contributed by atoms with E-state index in [9.17, 15) is 10.2 Å². The average Bonchev–Trinajstić information content (AvgIpc) is 2.88. The zero-order valence-electron chi connectivity index (χ0n) is 13.3. The van der Waals surface area contributed by atoms with Gasteiger partial charge in [0.1, 0.15) is 5.67 Å². The average molecular weight is 301 g/mol. The Hall–Kier alpha value is -0.650. The third-order valence-electron chi connectivity index (χ3n) is 4.99. The van der Waals surface area contributed by atoms with Crippen molar-refractivity contribution in [1.29, 1.82) is 0 Å². The summed E-state index contributed by atoms with van der Waals surface area (Å²) in [4.78, 5) is 1.88. The number of hydrogen-bond acceptors (Lipinski definition) is 4. The van der Waals surface area contributed by atoms with Crippen molar-refractivity contribution in [3.05, 3.63) is 11.3 Å². The predicted octanol–water partition coefficient (Wildman–Crippen LogP) is 2.21. The number of nitrogens with zero attached hydrogens (tertiary/aromatic N) is 1. The molecule has 4 nitrogen and oxygen atoms in total. The summed E-state index contributed by atoms with van der Waals surface area (Å²) in [5, 5.41) is 19.3. The highest BCUT2D eigenvalue weighted by atomic mass is 19.1. The Bertz CT molecular complexity index is 385. The largest absolute Gasteiger partial charge is 0.381 e. The van der Waals surface area contributed by atoms with E-state index in [0.29, 0.717) is 25.5 Å². The van der Waals surface area contributed by atoms with Gasteiger partial charge in [0.15, 0.2) is 6.29 Å². The molecule has 0 bridgehead atoms. The van der Waals surface area contributed by atoms with Gasteiger partial charge in [-0.3, -0.25) is 0 Å². The Balaban J connectivity index is 2.22. The van der Waals surface area contributed by atoms with Crippen LogP contribution in [0.4, 0.5) is 4.39 Å². The lowest BCUT2D eigenvalue weighted by atomic mass is 9.78. The molecule has 122 valence electrons. The number of halogens is 1. The molecule has 2 heterocycles. The molecule has 2 saturated heterocycles. The number of aliphatic hydroxyl groups excluding tert-OH is 1. The number of hydrogen-bond donors (Lipinski definition) is 2. The number of rotatable bonds is 4. The molecule has 2 rings (SSSR count). The second-order valence-electron chi connectivity index (χ2n) is 6.65. The normalized spacial score (nSPS) is 27.0. The van der Waals surface area contributed by atoms with E-state index in [1.165, 1.54) is 0 Å². The first kappa shape index (κ1) is 16.7. The summed E-state index contributed by atoms with van der Waals surface area (Å²) >= 11 is 0. The van der Waals surface area contributed by atoms with Crippen molar-refractivity contribution in [2.24, 2.45) is 5.92 Å². The number of alkyl halides is 1. The number of likely N-dealkylation sites (tertiary alicyclic amines) is 1. The fourth-order valence-electron chi connectivity index (χ4n) is 3.87. The summed E-state index contributed by atoms with van der Waals surface area (Å²) in [5.41, 5.74) is -0.0383. The van der Waals surface area contributed by atoms with Gasteiger partial charge in [-0.1, -0.05) is 5.57 Å². The van der Waals surface area contributed by atoms with E-state index in [2.05, 4.69) is 0 Å². The third kappa shape index (κ3) is 3.41. The van der Waals surface area contributed by atoms with Gasteiger partial charge in [-0.15, -0.1) is 0 Å². The molecule has 0 aromatic rings. The summed E-state index contributed by atoms with van der Waals surface area (Å²) in [5.74, 6) is -0.0221. The van der Waals surface area contributed by atoms with Crippen LogP contribution in [-0.4, -0.2) is 52.9 Å². The van der Waals surface area contributed by atoms with E-state index in [4.69, 9.17) is 4.74 Å². The lowest BCUT2D eigenvalue weighted by Gasteiger charge is -2.43. The summed E-state index contributed by atoms with van der Waals surface area (Å²) < 4.78 is 20.9. The molecular formula is C16H28FNO3. The molecule has 0 radical (unpaired) electrons. The molecule has 2 aliphatic rings. The van der Waals surface area contributed by atoms with E-state index in [0.717, 1.165) is 31.3 Å². The minimum Gasteiger partial charge on any atom is -0.381 e. The van der Waals surface area contributed by atoms with Crippen molar-refractivity contribution in [3.8, 4) is 0 Å². The molecule has 0 aromatic carbocycles. The van der Waals surface area contributed by atoms with E-state index < -0.39 is 12.0 Å². The topological polar surface area (TPSA) is 52.9 Å². The van der Waals surface area contributed by atoms with Gasteiger partial charge in [-0.05, 0) is 52.4 Å². The van der Waals surface area contributed by atoms with Gasteiger partial charge >= 0.3 is 0 Å². The molecule has 2 aliphatic heterocycles. The number of aliphatic hydroxyl groups is 2. The van der Waals surface area contributed by atoms with Crippen LogP contribution >= 0.6 is 0 Å². The van der Waals surface area contributed by atoms with E-state index in [1.54, 1.807) is 6.92 Å². The SMILES string of the molecule is CC(C)=C(C(O)O)N1CCC[C@@H]1[C@](C)(F)C1CCOCC1. The monoisotopic (exact) mass is 301 g/mol. The third-order valence-corrected chi connectivity index (χ3v) is 4.99. The maximum absolute atomic E-state index is 15.5. The Labute approximate surface area is 126 Å². The van der Waals surface area contributed by atoms with E-state index in [-0.39, 0.29) is 12.0 Å². The quantitative estimate of drug-likeness (QED) is 0.782. The van der Waals surface area contributed by atoms with Gasteiger partial charge in [-0.2, -0.15) is 0 Å². The molecule has 0 aromatic heterocycles. The summed E-state index contributed by atoms with van der Waals surface area (Å²) in [6, 6.07) is -0.285. The molecule has 0 spiro atoms. The fourth-order valence-corrected chi connectivity index (χ4v) is 3.87. The van der Waals surface area contributed by atoms with Crippen LogP contribution in [0.25, 0.3) is 0 Å². The van der Waals surface area contributed by atoms with Crippen LogP contribution in [0.15, 0.2) is 11.3 Å². The van der Waals surface area contributed by atoms with Gasteiger partial charge in [0.25, 0.3) is 0 Å². The summed E-state index contributed by atoms with van der Waals surface area (Å²) in [7, 11) is 0. The molecule has 5 heteroatoms. The summed E-state index contributed by atoms with van der Waals surface area (Å²) in [6.45, 7) is 7.29. The van der Waals surface area contributed by atoms with E-state index in [1.807, 2.05) is 18.7 Å². The van der Waals surface area contributed by atoms with Crippen LogP contribution in [-0.2, 0) is 4.74 Å². The number of allylic oxidation sites excluding steroid dienone is 1. The second-order valence-corrected chi connectivity index (χ2v) is 6.65. The Morgan fingerprint density at radius 1 is 1.24 bits per heavy atom. The first-order chi connectivity index (χ1) is 9.85. The molecular weight excluding hydrogens is 273 g/mol.